The number of allylic oxidation sites excluding steroid dienone is 2. The highest BCUT2D eigenvalue weighted by atomic mass is 127. The van der Waals surface area contributed by atoms with E-state index in [0.717, 1.165) is 68.0 Å². The Morgan fingerprint density at radius 1 is 1.07 bits per heavy atom. The first kappa shape index (κ1) is 32.5. The Hall–Kier alpha value is -1.37. The number of halogens is 1. The zero-order valence-electron chi connectivity index (χ0n) is 27.2. The van der Waals surface area contributed by atoms with Crippen LogP contribution in [0.4, 0.5) is 5.69 Å². The number of alkyl halides is 1. The summed E-state index contributed by atoms with van der Waals surface area (Å²) in [6.45, 7) is 22.5. The van der Waals surface area contributed by atoms with Crippen molar-refractivity contribution in [3.8, 4) is 0 Å². The lowest BCUT2D eigenvalue weighted by Crippen LogP contribution is -2.57. The van der Waals surface area contributed by atoms with E-state index in [9.17, 15) is 9.59 Å². The number of amides is 1. The van der Waals surface area contributed by atoms with Gasteiger partial charge < -0.3 is 10.2 Å². The Kier molecular flexibility index (Phi) is 9.49. The van der Waals surface area contributed by atoms with Gasteiger partial charge in [0, 0.05) is 40.2 Å². The van der Waals surface area contributed by atoms with Gasteiger partial charge in [0.05, 0.1) is 0 Å². The molecule has 2 saturated carbocycles. The molecule has 1 amide bonds. The van der Waals surface area contributed by atoms with Gasteiger partial charge in [0.2, 0.25) is 5.91 Å². The van der Waals surface area contributed by atoms with Crippen molar-refractivity contribution in [1.82, 2.24) is 4.90 Å². The van der Waals surface area contributed by atoms with Crippen LogP contribution in [0.3, 0.4) is 0 Å². The average Bonchev–Trinajstić information content (AvgIpc) is 3.23. The van der Waals surface area contributed by atoms with Gasteiger partial charge in [-0.25, -0.2) is 0 Å². The van der Waals surface area contributed by atoms with E-state index >= 15 is 0 Å². The second kappa shape index (κ2) is 12.0. The molecule has 3 unspecified atom stereocenters. The van der Waals surface area contributed by atoms with Gasteiger partial charge in [-0.1, -0.05) is 97.0 Å². The van der Waals surface area contributed by atoms with Crippen molar-refractivity contribution in [2.24, 2.45) is 34.5 Å². The van der Waals surface area contributed by atoms with Crippen LogP contribution in [0, 0.1) is 34.5 Å². The van der Waals surface area contributed by atoms with Crippen LogP contribution in [0.2, 0.25) is 0 Å². The molecule has 1 heterocycles. The zero-order chi connectivity index (χ0) is 30.4. The number of carbonyl (C=O) groups excluding carboxylic acids is 2. The van der Waals surface area contributed by atoms with Crippen LogP contribution in [0.1, 0.15) is 112 Å². The Bertz CT molecular complexity index is 1160. The molecular weight excluding hydrogens is 619 g/mol. The highest BCUT2D eigenvalue weighted by Crippen LogP contribution is 2.65. The molecule has 228 valence electrons. The minimum atomic E-state index is -0.0557. The second-order valence-electron chi connectivity index (χ2n) is 15.8. The number of hydrogen-bond donors (Lipinski definition) is 1. The number of benzene rings is 1. The van der Waals surface area contributed by atoms with Crippen molar-refractivity contribution >= 4 is 40.5 Å². The molecule has 1 saturated heterocycles. The normalized spacial score (nSPS) is 32.9. The third-order valence-corrected chi connectivity index (χ3v) is 11.8. The first-order valence-electron chi connectivity index (χ1n) is 16.0. The van der Waals surface area contributed by atoms with Crippen LogP contribution < -0.4 is 5.32 Å². The molecule has 3 fully saturated rings. The molecule has 1 aliphatic heterocycles. The fraction of sp³-hybridized carbons (Fsp3) is 0.722. The molecule has 41 heavy (non-hydrogen) atoms. The van der Waals surface area contributed by atoms with Crippen molar-refractivity contribution in [1.29, 1.82) is 0 Å². The monoisotopic (exact) mass is 674 g/mol. The van der Waals surface area contributed by atoms with E-state index in [1.807, 2.05) is 6.08 Å². The van der Waals surface area contributed by atoms with E-state index in [2.05, 4.69) is 113 Å². The summed E-state index contributed by atoms with van der Waals surface area (Å²) in [5, 5.41) is 3.49. The highest BCUT2D eigenvalue weighted by molar-refractivity contribution is 14.1. The summed E-state index contributed by atoms with van der Waals surface area (Å²) in [7, 11) is 0. The third-order valence-electron chi connectivity index (χ3n) is 11.2. The molecule has 0 spiro atoms. The van der Waals surface area contributed by atoms with E-state index in [-0.39, 0.29) is 33.5 Å². The third kappa shape index (κ3) is 6.04. The minimum Gasteiger partial charge on any atom is -0.374 e. The summed E-state index contributed by atoms with van der Waals surface area (Å²) in [4.78, 5) is 28.6. The molecule has 1 N–H and O–H groups in total. The lowest BCUT2D eigenvalue weighted by molar-refractivity contribution is -0.128. The highest BCUT2D eigenvalue weighted by Gasteiger charge is 2.61. The van der Waals surface area contributed by atoms with Gasteiger partial charge in [0.25, 0.3) is 0 Å². The molecule has 0 aromatic heterocycles. The lowest BCUT2D eigenvalue weighted by atomic mass is 9.50. The number of piperidine rings is 1. The number of fused-ring (bicyclic) bond motifs is 3. The van der Waals surface area contributed by atoms with E-state index in [4.69, 9.17) is 0 Å². The van der Waals surface area contributed by atoms with Gasteiger partial charge in [-0.2, -0.15) is 0 Å². The van der Waals surface area contributed by atoms with Gasteiger partial charge in [-0.3, -0.25) is 9.59 Å². The molecule has 4 nitrogen and oxygen atoms in total. The van der Waals surface area contributed by atoms with Crippen LogP contribution in [-0.4, -0.2) is 34.6 Å². The standard InChI is InChI=1S/C36H55IN2O2/c1-10-20-39-23-25-26-13-14-29(35(26,8)17-15-27(25)36(9,18-19-37)31(39)16-21-40)32(41)38-30-22-24(33(2,3)4)11-12-28(30)34(5,6)7/h11-12,16,21-22,25-27,29H,10,13-15,17-20,23H2,1-9H3,(H,38,41)/b31-16+/t25?,26?,27?,29-,35+,36-/m1/s1. The topological polar surface area (TPSA) is 49.4 Å². The van der Waals surface area contributed by atoms with Crippen molar-refractivity contribution in [2.75, 3.05) is 22.8 Å². The van der Waals surface area contributed by atoms with E-state index in [1.165, 1.54) is 16.8 Å². The Morgan fingerprint density at radius 3 is 2.37 bits per heavy atom. The van der Waals surface area contributed by atoms with Gasteiger partial charge in [-0.15, -0.1) is 0 Å². The summed E-state index contributed by atoms with van der Waals surface area (Å²) in [6, 6.07) is 6.68. The largest absolute Gasteiger partial charge is 0.374 e. The fourth-order valence-corrected chi connectivity index (χ4v) is 10.1. The first-order chi connectivity index (χ1) is 19.1. The second-order valence-corrected chi connectivity index (χ2v) is 16.9. The number of aldehydes is 1. The van der Waals surface area contributed by atoms with Gasteiger partial charge >= 0.3 is 0 Å². The summed E-state index contributed by atoms with van der Waals surface area (Å²) in [5.41, 5.74) is 4.68. The molecule has 3 aliphatic rings. The quantitative estimate of drug-likeness (QED) is 0.136. The molecule has 5 heteroatoms. The van der Waals surface area contributed by atoms with Crippen molar-refractivity contribution in [3.05, 3.63) is 41.1 Å². The first-order valence-corrected chi connectivity index (χ1v) is 17.6. The van der Waals surface area contributed by atoms with Gasteiger partial charge in [-0.05, 0) is 95.8 Å². The van der Waals surface area contributed by atoms with E-state index < -0.39 is 0 Å². The molecule has 2 aliphatic carbocycles. The van der Waals surface area contributed by atoms with Crippen LogP contribution in [0.5, 0.6) is 0 Å². The van der Waals surface area contributed by atoms with Crippen LogP contribution in [-0.2, 0) is 20.4 Å². The van der Waals surface area contributed by atoms with Gasteiger partial charge in [0.1, 0.15) is 6.29 Å². The SMILES string of the molecule is CCCN1CC2C(CC[C@@]3(C)C2CC[C@@H]3C(=O)Nc2cc(C(C)(C)C)ccc2C(C)(C)C)[C@@](C)(CCI)/C1=C\C=O. The van der Waals surface area contributed by atoms with Crippen LogP contribution in [0.25, 0.3) is 0 Å². The van der Waals surface area contributed by atoms with Gasteiger partial charge in [0.15, 0.2) is 0 Å². The maximum atomic E-state index is 14.2. The molecule has 1 aromatic rings. The number of hydrogen-bond acceptors (Lipinski definition) is 3. The maximum Gasteiger partial charge on any atom is 0.228 e. The maximum absolute atomic E-state index is 14.2. The number of nitrogens with one attached hydrogen (secondary N) is 1. The number of likely N-dealkylation sites (tertiary alicyclic amines) is 1. The average molecular weight is 675 g/mol. The summed E-state index contributed by atoms with van der Waals surface area (Å²) in [6.07, 6.45) is 9.36. The molecule has 4 rings (SSSR count). The lowest BCUT2D eigenvalue weighted by Gasteiger charge is -2.60. The molecule has 6 atom stereocenters. The van der Waals surface area contributed by atoms with Crippen LogP contribution >= 0.6 is 22.6 Å². The Morgan fingerprint density at radius 2 is 1.78 bits per heavy atom. The smallest absolute Gasteiger partial charge is 0.228 e. The summed E-state index contributed by atoms with van der Waals surface area (Å²) in [5.74, 6) is 1.90. The number of anilines is 1. The Labute approximate surface area is 264 Å². The molecule has 1 aromatic carbocycles. The van der Waals surface area contributed by atoms with Crippen molar-refractivity contribution < 1.29 is 9.59 Å². The number of rotatable bonds is 7. The minimum absolute atomic E-state index is 0.00375. The Balaban J connectivity index is 1.65. The molecular formula is C36H55IN2O2. The number of carbonyl (C=O) groups is 2. The molecule has 0 bridgehead atoms. The van der Waals surface area contributed by atoms with E-state index in [0.29, 0.717) is 17.8 Å². The number of nitrogens with zero attached hydrogens (tertiary/aromatic N) is 1. The zero-order valence-corrected chi connectivity index (χ0v) is 29.4. The fourth-order valence-electron chi connectivity index (χ4n) is 9.01. The van der Waals surface area contributed by atoms with Crippen molar-refractivity contribution in [3.63, 3.8) is 0 Å². The predicted molar refractivity (Wildman–Crippen MR) is 181 cm³/mol. The van der Waals surface area contributed by atoms with Crippen LogP contribution in [0.15, 0.2) is 30.0 Å². The summed E-state index contributed by atoms with van der Waals surface area (Å²) >= 11 is 2.51. The van der Waals surface area contributed by atoms with E-state index in [1.54, 1.807) is 0 Å². The molecule has 0 radical (unpaired) electrons. The summed E-state index contributed by atoms with van der Waals surface area (Å²) < 4.78 is 1.09. The van der Waals surface area contributed by atoms with Crippen molar-refractivity contribution in [2.45, 2.75) is 112 Å². The predicted octanol–water partition coefficient (Wildman–Crippen LogP) is 8.92.